The van der Waals surface area contributed by atoms with Crippen LogP contribution in [0, 0.1) is 0 Å². The van der Waals surface area contributed by atoms with Gasteiger partial charge in [0.2, 0.25) is 0 Å². The molecule has 0 aromatic rings. The Kier molecular flexibility index (Phi) is 6.45. The van der Waals surface area contributed by atoms with E-state index in [-0.39, 0.29) is 6.61 Å². The molecule has 0 heterocycles. The summed E-state index contributed by atoms with van der Waals surface area (Å²) >= 11 is 0. The molecule has 1 aliphatic carbocycles. The van der Waals surface area contributed by atoms with Crippen molar-refractivity contribution >= 4 is 11.9 Å². The second-order valence-electron chi connectivity index (χ2n) is 4.49. The zero-order valence-corrected chi connectivity index (χ0v) is 11.7. The summed E-state index contributed by atoms with van der Waals surface area (Å²) < 4.78 is 44.6. The van der Waals surface area contributed by atoms with Gasteiger partial charge in [-0.15, -0.1) is 0 Å². The fourth-order valence-electron chi connectivity index (χ4n) is 1.93. The number of carbonyl (C=O) groups excluding carboxylic acids is 2. The van der Waals surface area contributed by atoms with Gasteiger partial charge in [-0.1, -0.05) is 6.08 Å². The van der Waals surface area contributed by atoms with Crippen molar-refractivity contribution in [1.29, 1.82) is 0 Å². The molecule has 0 unspecified atom stereocenters. The first-order valence-electron chi connectivity index (χ1n) is 6.64. The summed E-state index contributed by atoms with van der Waals surface area (Å²) in [5.41, 5.74) is 1.09. The summed E-state index contributed by atoms with van der Waals surface area (Å²) in [5.74, 6) is -1.53. The van der Waals surface area contributed by atoms with E-state index in [9.17, 15) is 22.8 Å². The van der Waals surface area contributed by atoms with Crippen LogP contribution in [-0.2, 0) is 19.1 Å². The lowest BCUT2D eigenvalue weighted by Gasteiger charge is -2.16. The van der Waals surface area contributed by atoms with Crippen molar-refractivity contribution < 1.29 is 32.2 Å². The number of esters is 2. The van der Waals surface area contributed by atoms with E-state index in [4.69, 9.17) is 4.74 Å². The number of hydrogen-bond donors (Lipinski definition) is 0. The number of alkyl halides is 3. The van der Waals surface area contributed by atoms with E-state index >= 15 is 0 Å². The van der Waals surface area contributed by atoms with E-state index in [1.54, 1.807) is 6.92 Å². The van der Waals surface area contributed by atoms with Gasteiger partial charge in [0.05, 0.1) is 6.61 Å². The molecule has 7 heteroatoms. The molecule has 0 fully saturated rings. The van der Waals surface area contributed by atoms with E-state index in [0.717, 1.165) is 18.9 Å². The summed E-state index contributed by atoms with van der Waals surface area (Å²) in [6.45, 7) is 0.304. The van der Waals surface area contributed by atoms with Gasteiger partial charge < -0.3 is 9.47 Å². The second kappa shape index (κ2) is 7.85. The smallest absolute Gasteiger partial charge is 0.422 e. The average molecular weight is 306 g/mol. The van der Waals surface area contributed by atoms with Gasteiger partial charge in [-0.25, -0.2) is 9.59 Å². The number of hydrogen-bond acceptors (Lipinski definition) is 4. The fourth-order valence-corrected chi connectivity index (χ4v) is 1.93. The highest BCUT2D eigenvalue weighted by atomic mass is 19.4. The van der Waals surface area contributed by atoms with Crippen LogP contribution in [0.2, 0.25) is 0 Å². The Bertz CT molecular complexity index is 450. The molecule has 21 heavy (non-hydrogen) atoms. The van der Waals surface area contributed by atoms with Crippen molar-refractivity contribution in [1.82, 2.24) is 0 Å². The fraction of sp³-hybridized carbons (Fsp3) is 0.571. The number of allylic oxidation sites excluding steroid dienone is 2. The van der Waals surface area contributed by atoms with Crippen LogP contribution in [0.5, 0.6) is 0 Å². The van der Waals surface area contributed by atoms with Gasteiger partial charge in [0, 0.05) is 11.6 Å². The van der Waals surface area contributed by atoms with E-state index in [2.05, 4.69) is 4.74 Å². The SMILES string of the molecule is CCOC(=O)C1=C(/C=C/C(=O)OCC(F)(F)F)CCCC1. The minimum Gasteiger partial charge on any atom is -0.463 e. The topological polar surface area (TPSA) is 52.6 Å². The molecule has 0 saturated heterocycles. The Balaban J connectivity index is 2.70. The van der Waals surface area contributed by atoms with E-state index in [1.165, 1.54) is 6.08 Å². The largest absolute Gasteiger partial charge is 0.463 e. The lowest BCUT2D eigenvalue weighted by molar-refractivity contribution is -0.182. The summed E-state index contributed by atoms with van der Waals surface area (Å²) in [4.78, 5) is 22.9. The Labute approximate surface area is 120 Å². The third kappa shape index (κ3) is 6.46. The Morgan fingerprint density at radius 3 is 2.48 bits per heavy atom. The summed E-state index contributed by atoms with van der Waals surface area (Å²) in [6, 6.07) is 0. The molecular formula is C14H17F3O4. The van der Waals surface area contributed by atoms with Crippen LogP contribution >= 0.6 is 0 Å². The van der Waals surface area contributed by atoms with Crippen LogP contribution in [0.15, 0.2) is 23.3 Å². The molecule has 0 bridgehead atoms. The van der Waals surface area contributed by atoms with Gasteiger partial charge in [0.25, 0.3) is 0 Å². The first-order chi connectivity index (χ1) is 9.83. The summed E-state index contributed by atoms with van der Waals surface area (Å²) in [7, 11) is 0. The monoisotopic (exact) mass is 306 g/mol. The second-order valence-corrected chi connectivity index (χ2v) is 4.49. The summed E-state index contributed by atoms with van der Waals surface area (Å²) in [5, 5.41) is 0. The van der Waals surface area contributed by atoms with Crippen LogP contribution < -0.4 is 0 Å². The molecule has 0 aromatic carbocycles. The molecule has 0 atom stereocenters. The predicted octanol–water partition coefficient (Wildman–Crippen LogP) is 3.08. The maximum Gasteiger partial charge on any atom is 0.422 e. The Hall–Kier alpha value is -1.79. The number of halogens is 3. The predicted molar refractivity (Wildman–Crippen MR) is 68.3 cm³/mol. The first kappa shape index (κ1) is 17.3. The van der Waals surface area contributed by atoms with Crippen LogP contribution in [-0.4, -0.2) is 31.3 Å². The molecule has 0 amide bonds. The van der Waals surface area contributed by atoms with Crippen molar-refractivity contribution in [2.45, 2.75) is 38.8 Å². The van der Waals surface area contributed by atoms with Gasteiger partial charge in [0.1, 0.15) is 0 Å². The van der Waals surface area contributed by atoms with Crippen molar-refractivity contribution in [3.63, 3.8) is 0 Å². The number of carbonyl (C=O) groups is 2. The molecule has 1 rings (SSSR count). The average Bonchev–Trinajstić information content (AvgIpc) is 2.42. The maximum atomic E-state index is 11.9. The number of ether oxygens (including phenoxy) is 2. The quantitative estimate of drug-likeness (QED) is 0.578. The standard InChI is InChI=1S/C14H17F3O4/c1-2-20-13(19)11-6-4-3-5-10(11)7-8-12(18)21-9-14(15,16)17/h7-8H,2-6,9H2,1H3/b8-7+. The van der Waals surface area contributed by atoms with E-state index in [1.807, 2.05) is 0 Å². The van der Waals surface area contributed by atoms with Crippen molar-refractivity contribution in [3.8, 4) is 0 Å². The normalized spacial score (nSPS) is 16.2. The highest BCUT2D eigenvalue weighted by Gasteiger charge is 2.29. The van der Waals surface area contributed by atoms with Crippen LogP contribution in [0.4, 0.5) is 13.2 Å². The molecule has 0 radical (unpaired) electrons. The third-order valence-electron chi connectivity index (χ3n) is 2.83. The molecule has 4 nitrogen and oxygen atoms in total. The van der Waals surface area contributed by atoms with Crippen molar-refractivity contribution in [2.75, 3.05) is 13.2 Å². The van der Waals surface area contributed by atoms with Gasteiger partial charge in [-0.05, 0) is 38.2 Å². The number of rotatable bonds is 5. The van der Waals surface area contributed by atoms with E-state index in [0.29, 0.717) is 24.0 Å². The van der Waals surface area contributed by atoms with Gasteiger partial charge in [-0.3, -0.25) is 0 Å². The zero-order valence-electron chi connectivity index (χ0n) is 11.7. The molecule has 0 N–H and O–H groups in total. The van der Waals surface area contributed by atoms with Crippen LogP contribution in [0.25, 0.3) is 0 Å². The molecule has 1 aliphatic rings. The lowest BCUT2D eigenvalue weighted by Crippen LogP contribution is -2.19. The molecule has 118 valence electrons. The summed E-state index contributed by atoms with van der Waals surface area (Å²) in [6.07, 6.45) is 0.497. The Morgan fingerprint density at radius 1 is 1.19 bits per heavy atom. The van der Waals surface area contributed by atoms with Crippen molar-refractivity contribution in [3.05, 3.63) is 23.3 Å². The van der Waals surface area contributed by atoms with Crippen LogP contribution in [0.1, 0.15) is 32.6 Å². The molecule has 0 aliphatic heterocycles. The minimum absolute atomic E-state index is 0.243. The molecule has 0 aromatic heterocycles. The van der Waals surface area contributed by atoms with Crippen molar-refractivity contribution in [2.24, 2.45) is 0 Å². The highest BCUT2D eigenvalue weighted by molar-refractivity contribution is 5.91. The third-order valence-corrected chi connectivity index (χ3v) is 2.83. The van der Waals surface area contributed by atoms with E-state index < -0.39 is 24.7 Å². The van der Waals surface area contributed by atoms with Gasteiger partial charge >= 0.3 is 18.1 Å². The molecular weight excluding hydrogens is 289 g/mol. The van der Waals surface area contributed by atoms with Gasteiger partial charge in [0.15, 0.2) is 6.61 Å². The zero-order chi connectivity index (χ0) is 15.9. The molecule has 0 saturated carbocycles. The van der Waals surface area contributed by atoms with Crippen LogP contribution in [0.3, 0.4) is 0 Å². The molecule has 0 spiro atoms. The Morgan fingerprint density at radius 2 is 1.86 bits per heavy atom. The highest BCUT2D eigenvalue weighted by Crippen LogP contribution is 2.26. The minimum atomic E-state index is -4.55. The van der Waals surface area contributed by atoms with Gasteiger partial charge in [-0.2, -0.15) is 13.2 Å². The first-order valence-corrected chi connectivity index (χ1v) is 6.64. The maximum absolute atomic E-state index is 11.9. The lowest BCUT2D eigenvalue weighted by atomic mass is 9.91.